The maximum atomic E-state index is 10.5. The van der Waals surface area contributed by atoms with E-state index in [1.54, 1.807) is 4.68 Å². The smallest absolute Gasteiger partial charge is 0.101 e. The third-order valence-electron chi connectivity index (χ3n) is 3.81. The maximum Gasteiger partial charge on any atom is 0.101 e. The molecule has 0 spiro atoms. The van der Waals surface area contributed by atoms with Crippen molar-refractivity contribution in [2.75, 3.05) is 0 Å². The van der Waals surface area contributed by atoms with E-state index < -0.39 is 11.5 Å². The lowest BCUT2D eigenvalue weighted by Gasteiger charge is -2.26. The van der Waals surface area contributed by atoms with E-state index in [2.05, 4.69) is 11.2 Å². The molecule has 1 saturated carbocycles. The molecule has 0 aromatic carbocycles. The van der Waals surface area contributed by atoms with Gasteiger partial charge in [-0.2, -0.15) is 10.4 Å². The standard InChI is InChI=1S/C13H19N3O/c1-3-11-10(8-16(2)15-11)12(17)13(9-14)6-4-5-7-13/h8,12,17H,3-7H2,1-2H3. The summed E-state index contributed by atoms with van der Waals surface area (Å²) in [6, 6.07) is 2.35. The van der Waals surface area contributed by atoms with E-state index in [0.717, 1.165) is 43.4 Å². The number of aliphatic hydroxyl groups excluding tert-OH is 1. The Bertz CT molecular complexity index is 438. The van der Waals surface area contributed by atoms with E-state index >= 15 is 0 Å². The Balaban J connectivity index is 2.35. The van der Waals surface area contributed by atoms with Crippen LogP contribution in [0.15, 0.2) is 6.20 Å². The fourth-order valence-electron chi connectivity index (χ4n) is 2.81. The zero-order valence-corrected chi connectivity index (χ0v) is 10.5. The number of aryl methyl sites for hydroxylation is 2. The molecule has 1 aliphatic rings. The predicted octanol–water partition coefficient (Wildman–Crippen LogP) is 2.10. The van der Waals surface area contributed by atoms with Gasteiger partial charge in [0.1, 0.15) is 6.10 Å². The summed E-state index contributed by atoms with van der Waals surface area (Å²) in [5.41, 5.74) is 1.15. The number of nitriles is 1. The second-order valence-electron chi connectivity index (χ2n) is 4.94. The Labute approximate surface area is 102 Å². The normalized spacial score (nSPS) is 20.1. The van der Waals surface area contributed by atoms with Gasteiger partial charge in [-0.05, 0) is 19.3 Å². The van der Waals surface area contributed by atoms with Crippen molar-refractivity contribution in [3.05, 3.63) is 17.5 Å². The number of aromatic nitrogens is 2. The molecule has 1 heterocycles. The van der Waals surface area contributed by atoms with Gasteiger partial charge in [-0.25, -0.2) is 0 Å². The van der Waals surface area contributed by atoms with Gasteiger partial charge in [-0.1, -0.05) is 19.8 Å². The molecule has 1 N–H and O–H groups in total. The van der Waals surface area contributed by atoms with Gasteiger partial charge in [-0.3, -0.25) is 4.68 Å². The van der Waals surface area contributed by atoms with Crippen LogP contribution in [-0.2, 0) is 13.5 Å². The predicted molar refractivity (Wildman–Crippen MR) is 64.1 cm³/mol. The second-order valence-corrected chi connectivity index (χ2v) is 4.94. The van der Waals surface area contributed by atoms with Gasteiger partial charge in [0, 0.05) is 18.8 Å². The molecular weight excluding hydrogens is 214 g/mol. The molecule has 17 heavy (non-hydrogen) atoms. The molecule has 0 bridgehead atoms. The van der Waals surface area contributed by atoms with Gasteiger partial charge in [-0.15, -0.1) is 0 Å². The van der Waals surface area contributed by atoms with Gasteiger partial charge >= 0.3 is 0 Å². The van der Waals surface area contributed by atoms with Gasteiger partial charge in [0.15, 0.2) is 0 Å². The van der Waals surface area contributed by atoms with Crippen LogP contribution in [0.4, 0.5) is 0 Å². The Hall–Kier alpha value is -1.34. The van der Waals surface area contributed by atoms with Crippen molar-refractivity contribution < 1.29 is 5.11 Å². The number of aliphatic hydroxyl groups is 1. The first-order chi connectivity index (χ1) is 8.13. The highest BCUT2D eigenvalue weighted by Gasteiger charge is 2.43. The largest absolute Gasteiger partial charge is 0.387 e. The third-order valence-corrected chi connectivity index (χ3v) is 3.81. The Morgan fingerprint density at radius 2 is 2.24 bits per heavy atom. The van der Waals surface area contributed by atoms with Crippen LogP contribution in [0, 0.1) is 16.7 Å². The first kappa shape index (κ1) is 12.1. The summed E-state index contributed by atoms with van der Waals surface area (Å²) < 4.78 is 1.72. The molecule has 0 aliphatic heterocycles. The topological polar surface area (TPSA) is 61.8 Å². The van der Waals surface area contributed by atoms with Crippen molar-refractivity contribution in [2.45, 2.75) is 45.1 Å². The Morgan fingerprint density at radius 3 is 2.76 bits per heavy atom. The molecule has 1 unspecified atom stereocenters. The molecular formula is C13H19N3O. The summed E-state index contributed by atoms with van der Waals surface area (Å²) in [6.07, 6.45) is 5.60. The van der Waals surface area contributed by atoms with Gasteiger partial charge in [0.05, 0.1) is 17.2 Å². The van der Waals surface area contributed by atoms with Crippen LogP contribution in [0.1, 0.15) is 50.0 Å². The summed E-state index contributed by atoms with van der Waals surface area (Å²) in [5.74, 6) is 0. The summed E-state index contributed by atoms with van der Waals surface area (Å²) >= 11 is 0. The number of nitrogens with zero attached hydrogens (tertiary/aromatic N) is 3. The Morgan fingerprint density at radius 1 is 1.59 bits per heavy atom. The van der Waals surface area contributed by atoms with E-state index in [-0.39, 0.29) is 0 Å². The molecule has 4 nitrogen and oxygen atoms in total. The molecule has 4 heteroatoms. The average molecular weight is 233 g/mol. The zero-order valence-electron chi connectivity index (χ0n) is 10.5. The molecule has 92 valence electrons. The molecule has 1 aromatic heterocycles. The minimum absolute atomic E-state index is 0.590. The average Bonchev–Trinajstić information content (AvgIpc) is 2.94. The molecule has 2 rings (SSSR count). The van der Waals surface area contributed by atoms with Gasteiger partial charge in [0.2, 0.25) is 0 Å². The van der Waals surface area contributed by atoms with Crippen molar-refractivity contribution in [1.82, 2.24) is 9.78 Å². The lowest BCUT2D eigenvalue weighted by Crippen LogP contribution is -2.24. The van der Waals surface area contributed by atoms with Crippen molar-refractivity contribution in [3.8, 4) is 6.07 Å². The van der Waals surface area contributed by atoms with E-state index in [1.807, 2.05) is 20.2 Å². The van der Waals surface area contributed by atoms with Crippen LogP contribution in [0.25, 0.3) is 0 Å². The summed E-state index contributed by atoms with van der Waals surface area (Å²) in [7, 11) is 1.85. The van der Waals surface area contributed by atoms with E-state index in [9.17, 15) is 10.4 Å². The quantitative estimate of drug-likeness (QED) is 0.869. The highest BCUT2D eigenvalue weighted by atomic mass is 16.3. The molecule has 0 radical (unpaired) electrons. The first-order valence-corrected chi connectivity index (χ1v) is 6.24. The van der Waals surface area contributed by atoms with Crippen LogP contribution >= 0.6 is 0 Å². The SMILES string of the molecule is CCc1nn(C)cc1C(O)C1(C#N)CCCC1. The van der Waals surface area contributed by atoms with Crippen LogP contribution in [0.5, 0.6) is 0 Å². The van der Waals surface area contributed by atoms with Crippen LogP contribution in [0.3, 0.4) is 0 Å². The van der Waals surface area contributed by atoms with Gasteiger partial charge < -0.3 is 5.11 Å². The number of rotatable bonds is 3. The molecule has 0 saturated heterocycles. The molecule has 1 aliphatic carbocycles. The minimum Gasteiger partial charge on any atom is -0.387 e. The number of hydrogen-bond donors (Lipinski definition) is 1. The zero-order chi connectivity index (χ0) is 12.5. The lowest BCUT2D eigenvalue weighted by atomic mass is 9.78. The molecule has 1 atom stereocenters. The Kier molecular flexibility index (Phi) is 3.21. The fourth-order valence-corrected chi connectivity index (χ4v) is 2.81. The maximum absolute atomic E-state index is 10.5. The van der Waals surface area contributed by atoms with E-state index in [1.165, 1.54) is 0 Å². The monoisotopic (exact) mass is 233 g/mol. The van der Waals surface area contributed by atoms with Crippen LogP contribution in [-0.4, -0.2) is 14.9 Å². The lowest BCUT2D eigenvalue weighted by molar-refractivity contribution is 0.0663. The third kappa shape index (κ3) is 1.96. The second kappa shape index (κ2) is 4.50. The fraction of sp³-hybridized carbons (Fsp3) is 0.692. The van der Waals surface area contributed by atoms with Crippen molar-refractivity contribution in [1.29, 1.82) is 5.26 Å². The summed E-state index contributed by atoms with van der Waals surface area (Å²) in [6.45, 7) is 2.02. The summed E-state index contributed by atoms with van der Waals surface area (Å²) in [5, 5.41) is 24.2. The minimum atomic E-state index is -0.696. The molecule has 0 amide bonds. The highest BCUT2D eigenvalue weighted by Crippen LogP contribution is 2.47. The highest BCUT2D eigenvalue weighted by molar-refractivity contribution is 5.25. The first-order valence-electron chi connectivity index (χ1n) is 6.24. The van der Waals surface area contributed by atoms with Crippen molar-refractivity contribution in [2.24, 2.45) is 12.5 Å². The molecule has 1 aromatic rings. The molecule has 1 fully saturated rings. The van der Waals surface area contributed by atoms with Crippen LogP contribution in [0.2, 0.25) is 0 Å². The van der Waals surface area contributed by atoms with Crippen LogP contribution < -0.4 is 0 Å². The van der Waals surface area contributed by atoms with Crippen molar-refractivity contribution in [3.63, 3.8) is 0 Å². The van der Waals surface area contributed by atoms with Crippen molar-refractivity contribution >= 4 is 0 Å². The van der Waals surface area contributed by atoms with Gasteiger partial charge in [0.25, 0.3) is 0 Å². The van der Waals surface area contributed by atoms with E-state index in [0.29, 0.717) is 0 Å². The van der Waals surface area contributed by atoms with E-state index in [4.69, 9.17) is 0 Å². The summed E-state index contributed by atoms with van der Waals surface area (Å²) in [4.78, 5) is 0. The number of hydrogen-bond acceptors (Lipinski definition) is 3.